The second-order valence-electron chi connectivity index (χ2n) is 19.1. The van der Waals surface area contributed by atoms with E-state index >= 15 is 8.78 Å². The molecule has 9 rings (SSSR count). The van der Waals surface area contributed by atoms with Crippen LogP contribution in [0.4, 0.5) is 19.0 Å². The van der Waals surface area contributed by atoms with Gasteiger partial charge in [-0.25, -0.2) is 13.2 Å². The number of anilines is 1. The van der Waals surface area contributed by atoms with Crippen LogP contribution in [0.15, 0.2) is 30.5 Å². The molecule has 2 aromatic carbocycles. The van der Waals surface area contributed by atoms with Crippen LogP contribution in [0.1, 0.15) is 92.1 Å². The van der Waals surface area contributed by atoms with E-state index in [2.05, 4.69) is 68.1 Å². The molecule has 2 N–H and O–H groups in total. The molecule has 59 heavy (non-hydrogen) atoms. The van der Waals surface area contributed by atoms with Gasteiger partial charge in [0.2, 0.25) is 0 Å². The van der Waals surface area contributed by atoms with E-state index in [1.165, 1.54) is 12.1 Å². The van der Waals surface area contributed by atoms with Gasteiger partial charge in [-0.2, -0.15) is 9.97 Å². The average Bonchev–Trinajstić information content (AvgIpc) is 3.77. The van der Waals surface area contributed by atoms with Gasteiger partial charge in [0.15, 0.2) is 5.82 Å². The van der Waals surface area contributed by atoms with Crippen molar-refractivity contribution in [3.05, 3.63) is 47.7 Å². The highest BCUT2D eigenvalue weighted by Gasteiger charge is 2.50. The second-order valence-corrected chi connectivity index (χ2v) is 24.7. The zero-order valence-corrected chi connectivity index (χ0v) is 36.2. The van der Waals surface area contributed by atoms with Gasteiger partial charge in [0.25, 0.3) is 0 Å². The molecular formula is C46H57F3N6O3Si. The summed E-state index contributed by atoms with van der Waals surface area (Å²) in [4.78, 5) is 18.8. The molecule has 4 aliphatic heterocycles. The van der Waals surface area contributed by atoms with Gasteiger partial charge in [-0.15, -0.1) is 5.54 Å². The van der Waals surface area contributed by atoms with Gasteiger partial charge < -0.3 is 24.8 Å². The summed E-state index contributed by atoms with van der Waals surface area (Å²) in [6.45, 7) is 16.4. The van der Waals surface area contributed by atoms with Crippen LogP contribution in [0.2, 0.25) is 16.6 Å². The molecule has 314 valence electrons. The van der Waals surface area contributed by atoms with Gasteiger partial charge in [0.1, 0.15) is 49.4 Å². The number of nitrogens with zero attached hydrogens (tertiary/aromatic N) is 5. The third-order valence-corrected chi connectivity index (χ3v) is 20.6. The minimum Gasteiger partial charge on any atom is -0.508 e. The highest BCUT2D eigenvalue weighted by Crippen LogP contribution is 2.44. The van der Waals surface area contributed by atoms with Gasteiger partial charge in [0.05, 0.1) is 34.7 Å². The lowest BCUT2D eigenvalue weighted by atomic mass is 9.95. The Morgan fingerprint density at radius 2 is 1.78 bits per heavy atom. The van der Waals surface area contributed by atoms with Crippen molar-refractivity contribution in [2.24, 2.45) is 0 Å². The van der Waals surface area contributed by atoms with Crippen molar-refractivity contribution in [1.29, 1.82) is 0 Å². The molecule has 0 spiro atoms. The summed E-state index contributed by atoms with van der Waals surface area (Å²) >= 11 is 0. The summed E-state index contributed by atoms with van der Waals surface area (Å²) in [5.41, 5.74) is 4.15. The molecule has 13 heteroatoms. The first-order valence-electron chi connectivity index (χ1n) is 21.7. The molecule has 2 aromatic heterocycles. The Bertz CT molecular complexity index is 2330. The Balaban J connectivity index is 1.18. The van der Waals surface area contributed by atoms with Crippen molar-refractivity contribution >= 4 is 35.6 Å². The summed E-state index contributed by atoms with van der Waals surface area (Å²) in [5.74, 6) is 2.44. The molecule has 0 amide bonds. The minimum absolute atomic E-state index is 0.00565. The molecule has 1 saturated carbocycles. The Labute approximate surface area is 346 Å². The maximum atomic E-state index is 17.6. The van der Waals surface area contributed by atoms with E-state index in [9.17, 15) is 9.50 Å². The van der Waals surface area contributed by atoms with Crippen LogP contribution in [0.25, 0.3) is 32.9 Å². The van der Waals surface area contributed by atoms with E-state index in [0.29, 0.717) is 77.4 Å². The van der Waals surface area contributed by atoms with Crippen molar-refractivity contribution in [2.45, 2.75) is 133 Å². The number of rotatable bonds is 11. The number of halogens is 3. The lowest BCUT2D eigenvalue weighted by Gasteiger charge is -2.42. The van der Waals surface area contributed by atoms with Crippen molar-refractivity contribution in [1.82, 2.24) is 25.2 Å². The number of alkyl halides is 1. The Hall–Kier alpha value is -3.96. The lowest BCUT2D eigenvalue weighted by Crippen LogP contribution is -2.62. The molecule has 2 unspecified atom stereocenters. The van der Waals surface area contributed by atoms with E-state index in [4.69, 9.17) is 24.4 Å². The Kier molecular flexibility index (Phi) is 10.4. The smallest absolute Gasteiger partial charge is 0.319 e. The summed E-state index contributed by atoms with van der Waals surface area (Å²) < 4.78 is 61.2. The first kappa shape index (κ1) is 40.4. The molecular weight excluding hydrogens is 770 g/mol. The van der Waals surface area contributed by atoms with Gasteiger partial charge >= 0.3 is 6.01 Å². The molecule has 4 saturated heterocycles. The zero-order chi connectivity index (χ0) is 41.4. The number of phenols is 1. The van der Waals surface area contributed by atoms with Crippen molar-refractivity contribution < 1.29 is 27.8 Å². The summed E-state index contributed by atoms with van der Waals surface area (Å²) in [7, 11) is -2.29. The van der Waals surface area contributed by atoms with Crippen LogP contribution in [0.3, 0.4) is 0 Å². The average molecular weight is 827 g/mol. The van der Waals surface area contributed by atoms with Crippen LogP contribution in [0.5, 0.6) is 11.8 Å². The molecule has 5 fully saturated rings. The van der Waals surface area contributed by atoms with Crippen molar-refractivity contribution in [3.63, 3.8) is 0 Å². The summed E-state index contributed by atoms with van der Waals surface area (Å²) in [6.07, 6.45) is 7.21. The van der Waals surface area contributed by atoms with Crippen LogP contribution in [-0.4, -0.2) is 102 Å². The second kappa shape index (κ2) is 15.2. The zero-order valence-electron chi connectivity index (χ0n) is 35.2. The Morgan fingerprint density at radius 3 is 2.53 bits per heavy atom. The van der Waals surface area contributed by atoms with E-state index in [0.717, 1.165) is 45.1 Å². The van der Waals surface area contributed by atoms with Crippen molar-refractivity contribution in [3.8, 4) is 34.5 Å². The molecule has 1 aliphatic carbocycles. The number of phenolic OH excluding ortho intramolecular Hbond substituents is 1. The number of fused-ring (bicyclic) bond motifs is 5. The lowest BCUT2D eigenvalue weighted by molar-refractivity contribution is 0.0606. The van der Waals surface area contributed by atoms with Gasteiger partial charge in [-0.1, -0.05) is 53.5 Å². The van der Waals surface area contributed by atoms with Gasteiger partial charge in [-0.05, 0) is 85.3 Å². The largest absolute Gasteiger partial charge is 0.508 e. The van der Waals surface area contributed by atoms with Crippen LogP contribution in [-0.2, 0) is 4.74 Å². The Morgan fingerprint density at radius 1 is 1.00 bits per heavy atom. The van der Waals surface area contributed by atoms with Crippen LogP contribution >= 0.6 is 0 Å². The van der Waals surface area contributed by atoms with Crippen LogP contribution < -0.4 is 15.0 Å². The summed E-state index contributed by atoms with van der Waals surface area (Å²) in [6, 6.07) is 6.12. The predicted octanol–water partition coefficient (Wildman–Crippen LogP) is 8.84. The van der Waals surface area contributed by atoms with E-state index < -0.39 is 31.4 Å². The molecule has 5 aliphatic rings. The fourth-order valence-electron chi connectivity index (χ4n) is 11.3. The molecule has 4 aromatic rings. The first-order chi connectivity index (χ1) is 28.2. The van der Waals surface area contributed by atoms with E-state index in [1.54, 1.807) is 18.3 Å². The van der Waals surface area contributed by atoms with E-state index in [1.807, 2.05) is 0 Å². The number of benzene rings is 2. The SMILES string of the molecule is CC(C)[Si](C#Cc1c(F)ccc2cc(O)cc(-c3ncc4c(N5CC6CCC(COC7CC7)(C5)N6)nc(OC[C@@]56CCCN5C[C@H](F)C6)nc4c3F)c12)(C(C)C)C(C)C. The molecule has 0 radical (unpaired) electrons. The topological polar surface area (TPSA) is 95.9 Å². The quantitative estimate of drug-likeness (QED) is 0.114. The van der Waals surface area contributed by atoms with Gasteiger partial charge in [-0.3, -0.25) is 9.88 Å². The number of pyridine rings is 1. The highest BCUT2D eigenvalue weighted by atomic mass is 28.3. The first-order valence-corrected chi connectivity index (χ1v) is 24.0. The summed E-state index contributed by atoms with van der Waals surface area (Å²) in [5, 5.41) is 16.2. The number of aromatic hydroxyl groups is 1. The monoisotopic (exact) mass is 826 g/mol. The number of nitrogens with one attached hydrogen (secondary N) is 1. The highest BCUT2D eigenvalue weighted by molar-refractivity contribution is 6.90. The predicted molar refractivity (Wildman–Crippen MR) is 228 cm³/mol. The van der Waals surface area contributed by atoms with Crippen LogP contribution in [0, 0.1) is 23.1 Å². The minimum atomic E-state index is -2.29. The number of hydrogen-bond acceptors (Lipinski definition) is 9. The van der Waals surface area contributed by atoms with Gasteiger partial charge in [0, 0.05) is 49.2 Å². The number of piperazine rings is 1. The third-order valence-electron chi connectivity index (χ3n) is 14.3. The fraction of sp³-hybridized carbons (Fsp3) is 0.587. The number of aromatic nitrogens is 3. The normalized spacial score (nSPS) is 25.8. The number of hydrogen-bond donors (Lipinski definition) is 2. The maximum Gasteiger partial charge on any atom is 0.319 e. The van der Waals surface area contributed by atoms with Crippen molar-refractivity contribution in [2.75, 3.05) is 44.3 Å². The molecule has 6 heterocycles. The molecule has 2 bridgehead atoms. The fourth-order valence-corrected chi connectivity index (χ4v) is 16.5. The molecule has 4 atom stereocenters. The molecule has 9 nitrogen and oxygen atoms in total. The maximum absolute atomic E-state index is 17.6. The van der Waals surface area contributed by atoms with E-state index in [-0.39, 0.29) is 52.3 Å². The number of ether oxygens (including phenoxy) is 2. The standard InChI is InChI=1S/C46H57F3N6O3Si/c1-27(2)59(28(3)4,29(5)6)17-13-35-38(48)11-8-30-18-33(56)19-36(39(30)35)41-40(49)42-37(21-50-41)43(54-23-32-12-15-45(24-54,53-32)25-57-34-9-10-34)52-44(51-42)58-26-46-14-7-16-55(46)22-31(47)20-46/h8,11,18-19,21,27-29,31-32,34,53,56H,7,9-10,12,14-16,20,22-26H2,1-6H3/t31-,32?,45?,46+/m1/s1. The third kappa shape index (κ3) is 7.15.